The van der Waals surface area contributed by atoms with Crippen LogP contribution in [0.4, 0.5) is 0 Å². The molecule has 0 aliphatic rings. The number of rotatable bonds is 1. The summed E-state index contributed by atoms with van der Waals surface area (Å²) in [6.07, 6.45) is 0. The van der Waals surface area contributed by atoms with Crippen molar-refractivity contribution in [2.75, 3.05) is 0 Å². The number of hydrogen-bond donors (Lipinski definition) is 1. The molecular weight excluding hydrogens is 214 g/mol. The molecule has 4 heteroatoms. The van der Waals surface area contributed by atoms with E-state index in [2.05, 4.69) is 0 Å². The Balaban J connectivity index is 0.000001000. The summed E-state index contributed by atoms with van der Waals surface area (Å²) in [5.41, 5.74) is 0.850. The number of aryl methyl sites for hydroxylation is 1. The molecule has 0 bridgehead atoms. The second kappa shape index (κ2) is 4.76. The molecule has 0 aliphatic carbocycles. The molecule has 0 saturated carbocycles. The van der Waals surface area contributed by atoms with E-state index in [-0.39, 0.29) is 19.5 Å². The maximum absolute atomic E-state index is 10.5. The summed E-state index contributed by atoms with van der Waals surface area (Å²) in [4.78, 5) is 0.488. The Morgan fingerprint density at radius 3 is 2.27 bits per heavy atom. The standard InChI is InChI=1S/C7H8O2S.Zn/c1-6-4-2-3-5-7(6)10(8)9;/h2-5H,1H3,(H,8,9);. The van der Waals surface area contributed by atoms with Crippen LogP contribution in [0, 0.1) is 6.92 Å². The molecule has 0 saturated heterocycles. The average Bonchev–Trinajstić information content (AvgIpc) is 1.88. The zero-order chi connectivity index (χ0) is 7.56. The molecule has 1 atom stereocenters. The van der Waals surface area contributed by atoms with Crippen LogP contribution in [-0.2, 0) is 30.6 Å². The van der Waals surface area contributed by atoms with Gasteiger partial charge in [-0.25, -0.2) is 4.21 Å². The van der Waals surface area contributed by atoms with Crippen LogP contribution in [0.1, 0.15) is 5.56 Å². The van der Waals surface area contributed by atoms with Crippen LogP contribution in [-0.4, -0.2) is 8.76 Å². The Labute approximate surface area is 81.1 Å². The Morgan fingerprint density at radius 1 is 1.36 bits per heavy atom. The maximum atomic E-state index is 10.5. The van der Waals surface area contributed by atoms with Crippen molar-refractivity contribution in [2.45, 2.75) is 11.8 Å². The largest absolute Gasteiger partial charge is 0.302 e. The molecule has 1 aromatic rings. The van der Waals surface area contributed by atoms with E-state index in [1.54, 1.807) is 12.1 Å². The van der Waals surface area contributed by atoms with Crippen LogP contribution in [0.25, 0.3) is 0 Å². The van der Waals surface area contributed by atoms with Crippen molar-refractivity contribution in [3.05, 3.63) is 29.8 Å². The summed E-state index contributed by atoms with van der Waals surface area (Å²) in [5, 5.41) is 0. The molecule has 56 valence electrons. The minimum Gasteiger partial charge on any atom is -0.302 e. The molecule has 1 unspecified atom stereocenters. The summed E-state index contributed by atoms with van der Waals surface area (Å²) in [6, 6.07) is 7.04. The van der Waals surface area contributed by atoms with Crippen LogP contribution in [0.15, 0.2) is 29.2 Å². The Kier molecular flexibility index (Phi) is 4.74. The summed E-state index contributed by atoms with van der Waals surface area (Å²) in [7, 11) is 0. The molecule has 11 heavy (non-hydrogen) atoms. The third-order valence-corrected chi connectivity index (χ3v) is 2.12. The summed E-state index contributed by atoms with van der Waals surface area (Å²) in [5.74, 6) is 0. The fraction of sp³-hybridized carbons (Fsp3) is 0.143. The third kappa shape index (κ3) is 2.82. The van der Waals surface area contributed by atoms with E-state index in [0.29, 0.717) is 4.90 Å². The van der Waals surface area contributed by atoms with Crippen LogP contribution in [0.5, 0.6) is 0 Å². The average molecular weight is 222 g/mol. The van der Waals surface area contributed by atoms with Gasteiger partial charge in [0, 0.05) is 19.5 Å². The van der Waals surface area contributed by atoms with E-state index in [1.165, 1.54) is 0 Å². The minimum atomic E-state index is -1.84. The van der Waals surface area contributed by atoms with Crippen molar-refractivity contribution in [2.24, 2.45) is 0 Å². The summed E-state index contributed by atoms with van der Waals surface area (Å²) in [6.45, 7) is 1.81. The quantitative estimate of drug-likeness (QED) is 0.577. The van der Waals surface area contributed by atoms with Gasteiger partial charge in [-0.1, -0.05) is 18.2 Å². The Hall–Kier alpha value is -0.0466. The van der Waals surface area contributed by atoms with E-state index < -0.39 is 11.1 Å². The van der Waals surface area contributed by atoms with E-state index in [4.69, 9.17) is 4.55 Å². The van der Waals surface area contributed by atoms with Crippen LogP contribution >= 0.6 is 0 Å². The molecule has 1 aromatic carbocycles. The first kappa shape index (κ1) is 11.0. The first-order valence-electron chi connectivity index (χ1n) is 2.88. The van der Waals surface area contributed by atoms with Crippen LogP contribution in [0.3, 0.4) is 0 Å². The molecule has 0 fully saturated rings. The smallest absolute Gasteiger partial charge is 0.186 e. The normalized spacial score (nSPS) is 11.8. The van der Waals surface area contributed by atoms with Crippen molar-refractivity contribution < 1.29 is 28.2 Å². The Morgan fingerprint density at radius 2 is 1.91 bits per heavy atom. The van der Waals surface area contributed by atoms with Crippen LogP contribution in [0.2, 0.25) is 0 Å². The van der Waals surface area contributed by atoms with Gasteiger partial charge in [0.05, 0.1) is 4.90 Å². The summed E-state index contributed by atoms with van der Waals surface area (Å²) < 4.78 is 19.2. The zero-order valence-corrected chi connectivity index (χ0v) is 10.1. The Bertz CT molecular complexity index is 262. The minimum absolute atomic E-state index is 0. The molecule has 0 aliphatic heterocycles. The molecule has 0 spiro atoms. The van der Waals surface area contributed by atoms with Gasteiger partial charge in [0.1, 0.15) is 0 Å². The van der Waals surface area contributed by atoms with Crippen molar-refractivity contribution in [3.63, 3.8) is 0 Å². The van der Waals surface area contributed by atoms with Gasteiger partial charge in [-0.05, 0) is 18.6 Å². The molecule has 0 aromatic heterocycles. The number of hydrogen-bond acceptors (Lipinski definition) is 1. The molecule has 1 rings (SSSR count). The first-order valence-corrected chi connectivity index (χ1v) is 3.99. The predicted molar refractivity (Wildman–Crippen MR) is 40.2 cm³/mol. The second-order valence-electron chi connectivity index (χ2n) is 2.01. The molecule has 1 N–H and O–H groups in total. The first-order chi connectivity index (χ1) is 4.72. The molecule has 2 nitrogen and oxygen atoms in total. The topological polar surface area (TPSA) is 37.3 Å². The van der Waals surface area contributed by atoms with Gasteiger partial charge in [0.15, 0.2) is 11.1 Å². The van der Waals surface area contributed by atoms with Gasteiger partial charge in [-0.2, -0.15) is 0 Å². The van der Waals surface area contributed by atoms with E-state index in [9.17, 15) is 4.21 Å². The molecule has 0 amide bonds. The maximum Gasteiger partial charge on any atom is 0.186 e. The van der Waals surface area contributed by atoms with Crippen molar-refractivity contribution in [1.29, 1.82) is 0 Å². The van der Waals surface area contributed by atoms with Gasteiger partial charge in [0.2, 0.25) is 0 Å². The fourth-order valence-electron chi connectivity index (χ4n) is 0.752. The van der Waals surface area contributed by atoms with E-state index >= 15 is 0 Å². The van der Waals surface area contributed by atoms with E-state index in [1.807, 2.05) is 19.1 Å². The van der Waals surface area contributed by atoms with Crippen molar-refractivity contribution in [3.8, 4) is 0 Å². The van der Waals surface area contributed by atoms with E-state index in [0.717, 1.165) is 5.56 Å². The summed E-state index contributed by atoms with van der Waals surface area (Å²) >= 11 is -1.84. The SMILES string of the molecule is Cc1ccccc1S(=O)O.[Zn]. The zero-order valence-electron chi connectivity index (χ0n) is 6.28. The number of benzene rings is 1. The predicted octanol–water partition coefficient (Wildman–Crippen LogP) is 1.57. The van der Waals surface area contributed by atoms with Gasteiger partial charge in [0.25, 0.3) is 0 Å². The fourth-order valence-corrected chi connectivity index (χ4v) is 1.29. The van der Waals surface area contributed by atoms with Gasteiger partial charge < -0.3 is 4.55 Å². The second-order valence-corrected chi connectivity index (χ2v) is 2.95. The van der Waals surface area contributed by atoms with Gasteiger partial charge >= 0.3 is 0 Å². The molecule has 0 heterocycles. The van der Waals surface area contributed by atoms with Gasteiger partial charge in [-0.3, -0.25) is 0 Å². The third-order valence-electron chi connectivity index (χ3n) is 1.28. The molecular formula is C7H8O2SZn. The van der Waals surface area contributed by atoms with Crippen molar-refractivity contribution in [1.82, 2.24) is 0 Å². The van der Waals surface area contributed by atoms with Gasteiger partial charge in [-0.15, -0.1) is 0 Å². The van der Waals surface area contributed by atoms with Crippen molar-refractivity contribution >= 4 is 11.1 Å². The van der Waals surface area contributed by atoms with Crippen LogP contribution < -0.4 is 0 Å². The monoisotopic (exact) mass is 220 g/mol. The molecule has 0 radical (unpaired) electrons.